The van der Waals surface area contributed by atoms with Crippen LogP contribution < -0.4 is 15.6 Å². The van der Waals surface area contributed by atoms with Gasteiger partial charge in [0, 0.05) is 0 Å². The van der Waals surface area contributed by atoms with Crippen molar-refractivity contribution in [2.45, 2.75) is 19.5 Å². The summed E-state index contributed by atoms with van der Waals surface area (Å²) in [6.45, 7) is 1.23. The van der Waals surface area contributed by atoms with Crippen molar-refractivity contribution in [1.29, 1.82) is 0 Å². The highest BCUT2D eigenvalue weighted by atomic mass is 19.4. The van der Waals surface area contributed by atoms with E-state index in [4.69, 9.17) is 0 Å². The summed E-state index contributed by atoms with van der Waals surface area (Å²) in [5, 5.41) is 4.09. The van der Waals surface area contributed by atoms with Crippen LogP contribution in [0.15, 0.2) is 59.4 Å². The first kappa shape index (κ1) is 23.9. The summed E-state index contributed by atoms with van der Waals surface area (Å²) < 4.78 is 83.7. The minimum Gasteiger partial charge on any atom is -0.404 e. The Morgan fingerprint density at radius 1 is 1.00 bits per heavy atom. The van der Waals surface area contributed by atoms with Crippen LogP contribution in [-0.4, -0.2) is 26.9 Å². The molecule has 2 N–H and O–H groups in total. The first-order valence-corrected chi connectivity index (χ1v) is 9.81. The molecule has 0 saturated heterocycles. The van der Waals surface area contributed by atoms with E-state index in [0.29, 0.717) is 4.52 Å². The second-order valence-electron chi connectivity index (χ2n) is 7.26. The number of rotatable bonds is 4. The van der Waals surface area contributed by atoms with Gasteiger partial charge in [-0.05, 0) is 24.6 Å². The predicted octanol–water partition coefficient (Wildman–Crippen LogP) is 5.17. The first-order valence-electron chi connectivity index (χ1n) is 9.81. The number of benzene rings is 2. The lowest BCUT2D eigenvalue weighted by molar-refractivity contribution is -0.274. The fourth-order valence-electron chi connectivity index (χ4n) is 3.49. The largest absolute Gasteiger partial charge is 0.573 e. The van der Waals surface area contributed by atoms with E-state index >= 15 is 0 Å². The number of aromatic nitrogens is 3. The van der Waals surface area contributed by atoms with E-state index in [9.17, 15) is 35.9 Å². The van der Waals surface area contributed by atoms with Crippen molar-refractivity contribution in [3.05, 3.63) is 81.9 Å². The molecule has 0 bridgehead atoms. The predicted molar refractivity (Wildman–Crippen MR) is 112 cm³/mol. The molecule has 0 spiro atoms. The SMILES string of the molecule is Cc1nc2c(-c3ccccc3)c(C(F)(F)F)[nH]n2c(=O)c1C(=O)Nc1ccccc1OC(F)(F)F. The number of anilines is 1. The molecule has 0 aliphatic heterocycles. The molecule has 2 aromatic carbocycles. The number of amides is 1. The van der Waals surface area contributed by atoms with Crippen LogP contribution in [-0.2, 0) is 6.18 Å². The Kier molecular flexibility index (Phi) is 5.79. The molecule has 0 aliphatic carbocycles. The molecule has 4 rings (SSSR count). The van der Waals surface area contributed by atoms with Gasteiger partial charge in [-0.25, -0.2) is 4.98 Å². The molecule has 35 heavy (non-hydrogen) atoms. The van der Waals surface area contributed by atoms with Crippen molar-refractivity contribution in [3.8, 4) is 16.9 Å². The number of fused-ring (bicyclic) bond motifs is 1. The van der Waals surface area contributed by atoms with Gasteiger partial charge in [-0.2, -0.15) is 17.7 Å². The molecule has 0 radical (unpaired) electrons. The van der Waals surface area contributed by atoms with Gasteiger partial charge in [0.05, 0.1) is 16.9 Å². The highest BCUT2D eigenvalue weighted by Gasteiger charge is 2.39. The van der Waals surface area contributed by atoms with Gasteiger partial charge in [0.2, 0.25) is 0 Å². The van der Waals surface area contributed by atoms with Gasteiger partial charge in [-0.3, -0.25) is 14.7 Å². The summed E-state index contributed by atoms with van der Waals surface area (Å²) in [4.78, 5) is 30.0. The number of ether oxygens (including phenoxy) is 1. The summed E-state index contributed by atoms with van der Waals surface area (Å²) in [6.07, 6.45) is -9.95. The summed E-state index contributed by atoms with van der Waals surface area (Å²) in [5.41, 5.74) is -4.38. The van der Waals surface area contributed by atoms with Gasteiger partial charge in [-0.1, -0.05) is 42.5 Å². The van der Waals surface area contributed by atoms with Crippen LogP contribution in [0.4, 0.5) is 32.0 Å². The number of nitrogens with one attached hydrogen (secondary N) is 2. The van der Waals surface area contributed by atoms with Crippen molar-refractivity contribution < 1.29 is 35.9 Å². The fourth-order valence-corrected chi connectivity index (χ4v) is 3.49. The number of para-hydroxylation sites is 2. The van der Waals surface area contributed by atoms with E-state index in [1.807, 2.05) is 5.10 Å². The number of aromatic amines is 1. The van der Waals surface area contributed by atoms with Crippen LogP contribution in [0.25, 0.3) is 16.8 Å². The summed E-state index contributed by atoms with van der Waals surface area (Å²) >= 11 is 0. The number of halogens is 6. The Morgan fingerprint density at radius 2 is 1.63 bits per heavy atom. The highest BCUT2D eigenvalue weighted by molar-refractivity contribution is 6.05. The van der Waals surface area contributed by atoms with Gasteiger partial charge < -0.3 is 10.1 Å². The monoisotopic (exact) mass is 496 g/mol. The van der Waals surface area contributed by atoms with Crippen LogP contribution in [0.2, 0.25) is 0 Å². The zero-order valence-corrected chi connectivity index (χ0v) is 17.6. The number of hydrogen-bond donors (Lipinski definition) is 2. The third-order valence-electron chi connectivity index (χ3n) is 4.90. The molecule has 4 aromatic rings. The minimum atomic E-state index is -5.05. The van der Waals surface area contributed by atoms with E-state index in [1.54, 1.807) is 6.07 Å². The second-order valence-corrected chi connectivity index (χ2v) is 7.26. The molecule has 13 heteroatoms. The Balaban J connectivity index is 1.84. The zero-order valence-electron chi connectivity index (χ0n) is 17.6. The lowest BCUT2D eigenvalue weighted by atomic mass is 10.1. The number of nitrogens with zero attached hydrogens (tertiary/aromatic N) is 2. The molecular formula is C22H14F6N4O3. The molecular weight excluding hydrogens is 482 g/mol. The summed E-state index contributed by atoms with van der Waals surface area (Å²) in [7, 11) is 0. The summed E-state index contributed by atoms with van der Waals surface area (Å²) in [6, 6.07) is 12.0. The maximum atomic E-state index is 13.8. The molecule has 0 fully saturated rings. The number of hydrogen-bond acceptors (Lipinski definition) is 4. The molecule has 1 amide bonds. The molecule has 2 aromatic heterocycles. The van der Waals surface area contributed by atoms with Gasteiger partial charge in [0.15, 0.2) is 11.4 Å². The minimum absolute atomic E-state index is 0.125. The maximum Gasteiger partial charge on any atom is 0.573 e. The molecule has 0 atom stereocenters. The van der Waals surface area contributed by atoms with Crippen molar-refractivity contribution in [3.63, 3.8) is 0 Å². The van der Waals surface area contributed by atoms with Crippen molar-refractivity contribution in [2.75, 3.05) is 5.32 Å². The quantitative estimate of drug-likeness (QED) is 0.382. The van der Waals surface area contributed by atoms with E-state index < -0.39 is 52.3 Å². The van der Waals surface area contributed by atoms with Gasteiger partial charge >= 0.3 is 12.5 Å². The lowest BCUT2D eigenvalue weighted by Crippen LogP contribution is -2.29. The average Bonchev–Trinajstić information content (AvgIpc) is 3.15. The number of H-pyrrole nitrogens is 1. The first-order chi connectivity index (χ1) is 16.4. The third-order valence-corrected chi connectivity index (χ3v) is 4.90. The topological polar surface area (TPSA) is 88.5 Å². The van der Waals surface area contributed by atoms with Gasteiger partial charge in [-0.15, -0.1) is 13.2 Å². The lowest BCUT2D eigenvalue weighted by Gasteiger charge is -2.14. The molecule has 7 nitrogen and oxygen atoms in total. The van der Waals surface area contributed by atoms with E-state index in [1.165, 1.54) is 43.3 Å². The van der Waals surface area contributed by atoms with E-state index in [-0.39, 0.29) is 16.9 Å². The van der Waals surface area contributed by atoms with Crippen LogP contribution in [0.1, 0.15) is 21.7 Å². The van der Waals surface area contributed by atoms with E-state index in [0.717, 1.165) is 12.1 Å². The van der Waals surface area contributed by atoms with Crippen LogP contribution in [0, 0.1) is 6.92 Å². The molecule has 2 heterocycles. The normalized spacial score (nSPS) is 12.1. The number of alkyl halides is 6. The maximum absolute atomic E-state index is 13.8. The van der Waals surface area contributed by atoms with Gasteiger partial charge in [0.25, 0.3) is 11.5 Å². The van der Waals surface area contributed by atoms with Gasteiger partial charge in [0.1, 0.15) is 11.3 Å². The average molecular weight is 496 g/mol. The Bertz CT molecular complexity index is 1470. The fraction of sp³-hybridized carbons (Fsp3) is 0.136. The third kappa shape index (κ3) is 4.69. The highest BCUT2D eigenvalue weighted by Crippen LogP contribution is 2.38. The molecule has 0 unspecified atom stereocenters. The van der Waals surface area contributed by atoms with Crippen molar-refractivity contribution in [1.82, 2.24) is 14.6 Å². The van der Waals surface area contributed by atoms with Crippen molar-refractivity contribution in [2.24, 2.45) is 0 Å². The van der Waals surface area contributed by atoms with Crippen LogP contribution in [0.3, 0.4) is 0 Å². The summed E-state index contributed by atoms with van der Waals surface area (Å²) in [5.74, 6) is -1.93. The van der Waals surface area contributed by atoms with Crippen molar-refractivity contribution >= 4 is 17.2 Å². The van der Waals surface area contributed by atoms with E-state index in [2.05, 4.69) is 15.0 Å². The smallest absolute Gasteiger partial charge is 0.404 e. The Labute approximate surface area is 192 Å². The Morgan fingerprint density at radius 3 is 2.26 bits per heavy atom. The zero-order chi connectivity index (χ0) is 25.5. The number of carbonyl (C=O) groups is 1. The van der Waals surface area contributed by atoms with Crippen LogP contribution >= 0.6 is 0 Å². The number of carbonyl (C=O) groups excluding carboxylic acids is 1. The second kappa shape index (κ2) is 8.49. The standard InChI is InChI=1S/C22H14F6N4O3/c1-11-15(19(33)30-13-9-5-6-10-14(13)35-22(26,27)28)20(34)32-18(29-11)16(12-7-3-2-4-8-12)17(31-32)21(23,24)25/h2-10,31H,1H3,(H,30,33). The number of aryl methyl sites for hydroxylation is 1. The molecule has 0 saturated carbocycles. The molecule has 0 aliphatic rings. The van der Waals surface area contributed by atoms with Crippen LogP contribution in [0.5, 0.6) is 5.75 Å². The Hall–Kier alpha value is -4.29. The molecule has 182 valence electrons.